The molecule has 0 aliphatic carbocycles. The van der Waals surface area contributed by atoms with Gasteiger partial charge in [-0.25, -0.2) is 0 Å². The molecular formula is C13H30N2P2. The molecule has 4 atom stereocenters. The van der Waals surface area contributed by atoms with Gasteiger partial charge in [0.2, 0.25) is 0 Å². The Morgan fingerprint density at radius 2 is 1.71 bits per heavy atom. The van der Waals surface area contributed by atoms with Crippen molar-refractivity contribution < 1.29 is 0 Å². The predicted octanol–water partition coefficient (Wildman–Crippen LogP) is 3.49. The van der Waals surface area contributed by atoms with Gasteiger partial charge in [-0.15, -0.1) is 0 Å². The van der Waals surface area contributed by atoms with Crippen molar-refractivity contribution >= 4 is 17.3 Å². The van der Waals surface area contributed by atoms with Gasteiger partial charge < -0.3 is 5.32 Å². The minimum absolute atomic E-state index is 0.310. The Labute approximate surface area is 112 Å². The predicted molar refractivity (Wildman–Crippen MR) is 83.8 cm³/mol. The fraction of sp³-hybridized carbons (Fsp3) is 1.00. The van der Waals surface area contributed by atoms with Gasteiger partial charge >= 0.3 is 0 Å². The third kappa shape index (κ3) is 4.13. The highest BCUT2D eigenvalue weighted by Crippen LogP contribution is 2.42. The Kier molecular flexibility index (Phi) is 5.43. The van der Waals surface area contributed by atoms with Crippen LogP contribution in [0.4, 0.5) is 0 Å². The molecule has 1 fully saturated rings. The van der Waals surface area contributed by atoms with Crippen LogP contribution in [-0.4, -0.2) is 29.8 Å². The smallest absolute Gasteiger partial charge is 0.0342 e. The summed E-state index contributed by atoms with van der Waals surface area (Å²) in [4.78, 5) is 0. The summed E-state index contributed by atoms with van der Waals surface area (Å²) in [5.74, 6) is 0. The van der Waals surface area contributed by atoms with Gasteiger partial charge in [0.15, 0.2) is 0 Å². The fourth-order valence-corrected chi connectivity index (χ4v) is 4.68. The highest BCUT2D eigenvalue weighted by Gasteiger charge is 2.42. The Balaban J connectivity index is 3.05. The van der Waals surface area contributed by atoms with E-state index in [-0.39, 0.29) is 0 Å². The number of rotatable bonds is 1. The van der Waals surface area contributed by atoms with Crippen molar-refractivity contribution in [3.05, 3.63) is 0 Å². The molecule has 0 radical (unpaired) electrons. The van der Waals surface area contributed by atoms with Crippen LogP contribution in [0.1, 0.15) is 48.0 Å². The Hall–Kier alpha value is 0.780. The van der Waals surface area contributed by atoms with E-state index >= 15 is 0 Å². The van der Waals surface area contributed by atoms with Gasteiger partial charge in [-0.3, -0.25) is 4.67 Å². The maximum absolute atomic E-state index is 3.80. The summed E-state index contributed by atoms with van der Waals surface area (Å²) in [7, 11) is 3.77. The van der Waals surface area contributed by atoms with Crippen molar-refractivity contribution in [2.45, 2.75) is 60.0 Å². The lowest BCUT2D eigenvalue weighted by Gasteiger charge is -2.47. The normalized spacial score (nSPS) is 29.8. The number of hydrogen-bond donors (Lipinski definition) is 1. The molecule has 1 saturated heterocycles. The summed E-state index contributed by atoms with van der Waals surface area (Å²) in [6.45, 7) is 16.6. The molecular weight excluding hydrogens is 246 g/mol. The van der Waals surface area contributed by atoms with Crippen LogP contribution in [0.15, 0.2) is 0 Å². The van der Waals surface area contributed by atoms with Crippen LogP contribution in [0, 0.1) is 10.8 Å². The van der Waals surface area contributed by atoms with Crippen LogP contribution in [-0.2, 0) is 0 Å². The molecule has 1 heterocycles. The molecule has 1 aliphatic rings. The summed E-state index contributed by atoms with van der Waals surface area (Å²) in [5.41, 5.74) is 0.629. The van der Waals surface area contributed by atoms with Crippen LogP contribution in [0.25, 0.3) is 0 Å². The highest BCUT2D eigenvalue weighted by molar-refractivity contribution is 8.01. The Morgan fingerprint density at radius 1 is 1.12 bits per heavy atom. The molecule has 0 aromatic heterocycles. The molecule has 0 aromatic rings. The number of nitrogens with zero attached hydrogens (tertiary/aromatic N) is 1. The molecule has 1 N–H and O–H groups in total. The molecule has 0 spiro atoms. The summed E-state index contributed by atoms with van der Waals surface area (Å²) in [6.07, 6.45) is 1.26. The van der Waals surface area contributed by atoms with Crippen LogP contribution in [0.3, 0.4) is 0 Å². The third-order valence-corrected chi connectivity index (χ3v) is 5.41. The van der Waals surface area contributed by atoms with Crippen LogP contribution < -0.4 is 5.32 Å². The molecule has 2 nitrogen and oxygen atoms in total. The second-order valence-electron chi connectivity index (χ2n) is 7.28. The maximum Gasteiger partial charge on any atom is 0.0342 e. The van der Waals surface area contributed by atoms with Crippen molar-refractivity contribution in [1.29, 1.82) is 0 Å². The second kappa shape index (κ2) is 5.83. The van der Waals surface area contributed by atoms with E-state index < -0.39 is 0 Å². The van der Waals surface area contributed by atoms with Crippen molar-refractivity contribution in [1.82, 2.24) is 9.99 Å². The molecule has 0 bridgehead atoms. The van der Waals surface area contributed by atoms with Gasteiger partial charge in [0.25, 0.3) is 0 Å². The van der Waals surface area contributed by atoms with Crippen LogP contribution in [0.2, 0.25) is 0 Å². The molecule has 0 aromatic carbocycles. The highest BCUT2D eigenvalue weighted by atomic mass is 32.0. The van der Waals surface area contributed by atoms with E-state index in [0.29, 0.717) is 22.9 Å². The van der Waals surface area contributed by atoms with Gasteiger partial charge in [0.05, 0.1) is 0 Å². The van der Waals surface area contributed by atoms with Gasteiger partial charge in [-0.05, 0) is 32.2 Å². The van der Waals surface area contributed by atoms with E-state index in [1.807, 2.05) is 0 Å². The van der Waals surface area contributed by atoms with Gasteiger partial charge in [-0.2, -0.15) is 0 Å². The summed E-state index contributed by atoms with van der Waals surface area (Å²) < 4.78 is 2.67. The minimum atomic E-state index is 0.310. The molecule has 17 heavy (non-hydrogen) atoms. The van der Waals surface area contributed by atoms with Crippen molar-refractivity contribution in [3.8, 4) is 0 Å². The zero-order valence-electron chi connectivity index (χ0n) is 12.3. The average Bonchev–Trinajstić information content (AvgIpc) is 2.36. The van der Waals surface area contributed by atoms with E-state index in [4.69, 9.17) is 0 Å². The van der Waals surface area contributed by atoms with Gasteiger partial charge in [0, 0.05) is 18.6 Å². The SMILES string of the molecule is CC(C)(C)C1NCCCN(PP)C1C(C)(C)C. The average molecular weight is 276 g/mol. The summed E-state index contributed by atoms with van der Waals surface area (Å²) in [6, 6.07) is 1.18. The maximum atomic E-state index is 3.80. The van der Waals surface area contributed by atoms with Crippen molar-refractivity contribution in [3.63, 3.8) is 0 Å². The first-order valence-electron chi connectivity index (χ1n) is 6.64. The Bertz CT molecular complexity index is 243. The van der Waals surface area contributed by atoms with E-state index in [2.05, 4.69) is 60.5 Å². The molecule has 1 rings (SSSR count). The topological polar surface area (TPSA) is 15.3 Å². The van der Waals surface area contributed by atoms with E-state index in [1.165, 1.54) is 13.0 Å². The van der Waals surface area contributed by atoms with E-state index in [9.17, 15) is 0 Å². The molecule has 0 amide bonds. The lowest BCUT2D eigenvalue weighted by molar-refractivity contribution is 0.0978. The number of nitrogens with one attached hydrogen (secondary N) is 1. The molecule has 0 saturated carbocycles. The van der Waals surface area contributed by atoms with Crippen molar-refractivity contribution in [2.24, 2.45) is 10.8 Å². The van der Waals surface area contributed by atoms with E-state index in [0.717, 1.165) is 15.0 Å². The standard InChI is InChI=1S/C13H30N2P2/c1-12(2,3)10-11(13(4,5)6)15(17-16)9-7-8-14-10/h10-11,14,17H,7-9,16H2,1-6H3. The largest absolute Gasteiger partial charge is 0.312 e. The van der Waals surface area contributed by atoms with E-state index in [1.54, 1.807) is 0 Å². The van der Waals surface area contributed by atoms with Gasteiger partial charge in [-0.1, -0.05) is 50.5 Å². The second-order valence-corrected chi connectivity index (χ2v) is 8.89. The Morgan fingerprint density at radius 3 is 2.12 bits per heavy atom. The zero-order chi connectivity index (χ0) is 13.3. The quantitative estimate of drug-likeness (QED) is 0.737. The molecule has 1 aliphatic heterocycles. The molecule has 102 valence electrons. The first-order valence-corrected chi connectivity index (χ1v) is 9.40. The lowest BCUT2D eigenvalue weighted by Crippen LogP contribution is -2.57. The fourth-order valence-electron chi connectivity index (χ4n) is 2.83. The molecule has 4 unspecified atom stereocenters. The minimum Gasteiger partial charge on any atom is -0.312 e. The van der Waals surface area contributed by atoms with Crippen LogP contribution >= 0.6 is 17.3 Å². The van der Waals surface area contributed by atoms with Crippen LogP contribution in [0.5, 0.6) is 0 Å². The van der Waals surface area contributed by atoms with Gasteiger partial charge in [0.1, 0.15) is 0 Å². The third-order valence-electron chi connectivity index (χ3n) is 3.58. The lowest BCUT2D eigenvalue weighted by atomic mass is 9.73. The zero-order valence-corrected chi connectivity index (χ0v) is 14.5. The first-order chi connectivity index (χ1) is 7.68. The number of hydrogen-bond acceptors (Lipinski definition) is 2. The first kappa shape index (κ1) is 15.8. The summed E-state index contributed by atoms with van der Waals surface area (Å²) in [5, 5.41) is 3.80. The van der Waals surface area contributed by atoms with Crippen molar-refractivity contribution in [2.75, 3.05) is 13.1 Å². The monoisotopic (exact) mass is 276 g/mol. The summed E-state index contributed by atoms with van der Waals surface area (Å²) >= 11 is 0. The molecule has 4 heteroatoms.